The van der Waals surface area contributed by atoms with Crippen LogP contribution in [-0.4, -0.2) is 95.2 Å². The van der Waals surface area contributed by atoms with Gasteiger partial charge >= 0.3 is 0 Å². The largest absolute Gasteiger partial charge is 0.370 e. The lowest BCUT2D eigenvalue weighted by atomic mass is 10.0. The Labute approximate surface area is 313 Å². The van der Waals surface area contributed by atoms with Gasteiger partial charge in [0.05, 0.1) is 12.0 Å². The summed E-state index contributed by atoms with van der Waals surface area (Å²) in [5, 5.41) is 26.5. The summed E-state index contributed by atoms with van der Waals surface area (Å²) in [4.78, 5) is 88.1. The number of imidazole rings is 1. The quantitative estimate of drug-likeness (QED) is 0.0622. The molecule has 0 saturated carbocycles. The molecule has 11 N–H and O–H groups in total. The van der Waals surface area contributed by atoms with Crippen molar-refractivity contribution in [2.75, 3.05) is 19.6 Å². The van der Waals surface area contributed by atoms with Crippen LogP contribution in [0.5, 0.6) is 0 Å². The fourth-order valence-electron chi connectivity index (χ4n) is 5.81. The van der Waals surface area contributed by atoms with Crippen molar-refractivity contribution in [3.8, 4) is 0 Å². The molecule has 4 rings (SSSR count). The molecule has 4 atom stereocenters. The maximum absolute atomic E-state index is 14.1. The molecule has 3 aromatic rings. The summed E-state index contributed by atoms with van der Waals surface area (Å²) >= 11 is 0. The molecule has 1 aromatic heterocycles. The summed E-state index contributed by atoms with van der Waals surface area (Å²) in [6.45, 7) is 0.385. The number of aromatic amines is 1. The Hall–Kier alpha value is -6.26. The van der Waals surface area contributed by atoms with Gasteiger partial charge < -0.3 is 47.9 Å². The van der Waals surface area contributed by atoms with Gasteiger partial charge in [-0.1, -0.05) is 60.7 Å². The first-order valence-corrected chi connectivity index (χ1v) is 18.0. The van der Waals surface area contributed by atoms with Crippen molar-refractivity contribution in [2.24, 2.45) is 5.73 Å². The number of amides is 6. The molecule has 54 heavy (non-hydrogen) atoms. The zero-order valence-electron chi connectivity index (χ0n) is 30.0. The smallest absolute Gasteiger partial charge is 0.243 e. The SMILES string of the molecule is N=C(N)NCCC[C@@H]1NC(=O)[C@@H](Cc2ccccc2)NC(=O)[C@H](Cc2c[nH]cn2)NC(=O)[C@@H](NC(=O)CCc2ccccc2)CCC(=O)NCCNC1=O. The zero-order valence-corrected chi connectivity index (χ0v) is 30.0. The maximum Gasteiger partial charge on any atom is 0.243 e. The van der Waals surface area contributed by atoms with Gasteiger partial charge in [0.15, 0.2) is 5.96 Å². The van der Waals surface area contributed by atoms with E-state index in [1.165, 1.54) is 6.33 Å². The summed E-state index contributed by atoms with van der Waals surface area (Å²) in [6.07, 6.45) is 3.83. The molecule has 0 unspecified atom stereocenters. The van der Waals surface area contributed by atoms with Crippen molar-refractivity contribution in [3.05, 3.63) is 90.0 Å². The van der Waals surface area contributed by atoms with E-state index >= 15 is 0 Å². The van der Waals surface area contributed by atoms with E-state index < -0.39 is 59.6 Å². The van der Waals surface area contributed by atoms with Crippen LogP contribution in [-0.2, 0) is 48.0 Å². The van der Waals surface area contributed by atoms with Gasteiger partial charge in [-0.15, -0.1) is 0 Å². The Kier molecular flexibility index (Phi) is 16.0. The van der Waals surface area contributed by atoms with Crippen LogP contribution in [0.3, 0.4) is 0 Å². The minimum Gasteiger partial charge on any atom is -0.370 e. The molecule has 288 valence electrons. The van der Waals surface area contributed by atoms with Crippen LogP contribution >= 0.6 is 0 Å². The van der Waals surface area contributed by atoms with E-state index in [4.69, 9.17) is 11.1 Å². The van der Waals surface area contributed by atoms with Crippen LogP contribution in [0.1, 0.15) is 48.9 Å². The zero-order chi connectivity index (χ0) is 38.7. The highest BCUT2D eigenvalue weighted by Gasteiger charge is 2.32. The molecule has 0 aliphatic carbocycles. The minimum absolute atomic E-state index is 0.0435. The number of nitrogens with two attached hydrogens (primary N) is 1. The standard InChI is InChI=1S/C37H49N11O6/c38-37(39)43-17-7-12-27-33(51)42-19-18-41-31(49)16-14-28(45-32(50)15-13-24-8-3-1-4-9-24)34(52)48-30(21-26-22-40-23-44-26)36(54)47-29(35(53)46-27)20-25-10-5-2-6-11-25/h1-6,8-11,22-23,27-30H,7,12-21H2,(H,40,44)(H,41,49)(H,42,51)(H,45,50)(H,46,53)(H,47,54)(H,48,52)(H4,38,39,43)/t27-,28-,29+,30-/m0/s1. The van der Waals surface area contributed by atoms with Crippen LogP contribution in [0.25, 0.3) is 0 Å². The third-order valence-electron chi connectivity index (χ3n) is 8.68. The van der Waals surface area contributed by atoms with Crippen molar-refractivity contribution >= 4 is 41.4 Å². The molecule has 17 heteroatoms. The van der Waals surface area contributed by atoms with E-state index in [-0.39, 0.29) is 64.1 Å². The van der Waals surface area contributed by atoms with Crippen molar-refractivity contribution in [1.82, 2.24) is 47.2 Å². The number of hydrogen-bond donors (Lipinski definition) is 10. The second kappa shape index (κ2) is 21.3. The van der Waals surface area contributed by atoms with E-state index in [9.17, 15) is 28.8 Å². The first-order chi connectivity index (χ1) is 26.1. The van der Waals surface area contributed by atoms with Crippen molar-refractivity contribution < 1.29 is 28.8 Å². The molecule has 17 nitrogen and oxygen atoms in total. The molecule has 1 saturated heterocycles. The van der Waals surface area contributed by atoms with Gasteiger partial charge in [-0.3, -0.25) is 34.2 Å². The van der Waals surface area contributed by atoms with Crippen LogP contribution in [0, 0.1) is 5.41 Å². The van der Waals surface area contributed by atoms with E-state index in [0.717, 1.165) is 11.1 Å². The molecule has 0 bridgehead atoms. The Balaban J connectivity index is 1.60. The van der Waals surface area contributed by atoms with Gasteiger partial charge in [0.2, 0.25) is 35.4 Å². The van der Waals surface area contributed by atoms with Crippen LogP contribution in [0.15, 0.2) is 73.2 Å². The van der Waals surface area contributed by atoms with Gasteiger partial charge in [0.25, 0.3) is 0 Å². The average Bonchev–Trinajstić information content (AvgIpc) is 3.68. The topological polar surface area (TPSA) is 265 Å². The fourth-order valence-corrected chi connectivity index (χ4v) is 5.81. The van der Waals surface area contributed by atoms with Gasteiger partial charge in [0.1, 0.15) is 24.2 Å². The number of aryl methyl sites for hydroxylation is 1. The highest BCUT2D eigenvalue weighted by Crippen LogP contribution is 2.09. The highest BCUT2D eigenvalue weighted by atomic mass is 16.2. The molecule has 6 amide bonds. The average molecular weight is 744 g/mol. The molecule has 1 aliphatic heterocycles. The Bertz CT molecular complexity index is 1710. The molecule has 1 aliphatic rings. The summed E-state index contributed by atoms with van der Waals surface area (Å²) in [7, 11) is 0. The predicted octanol–water partition coefficient (Wildman–Crippen LogP) is -0.944. The fraction of sp³-hybridized carbons (Fsp3) is 0.405. The summed E-state index contributed by atoms with van der Waals surface area (Å²) in [5.74, 6) is -3.61. The summed E-state index contributed by atoms with van der Waals surface area (Å²) in [5.41, 5.74) is 7.50. The monoisotopic (exact) mass is 743 g/mol. The number of H-pyrrole nitrogens is 1. The predicted molar refractivity (Wildman–Crippen MR) is 199 cm³/mol. The first-order valence-electron chi connectivity index (χ1n) is 18.0. The number of carbonyl (C=O) groups is 6. The number of nitrogens with zero attached hydrogens (tertiary/aromatic N) is 1. The van der Waals surface area contributed by atoms with Gasteiger partial charge in [0, 0.05) is 51.5 Å². The number of aromatic nitrogens is 2. The molecule has 2 heterocycles. The van der Waals surface area contributed by atoms with Gasteiger partial charge in [-0.05, 0) is 36.8 Å². The molecular weight excluding hydrogens is 694 g/mol. The molecular formula is C37H49N11O6. The highest BCUT2D eigenvalue weighted by molar-refractivity contribution is 5.96. The number of rotatable bonds is 12. The molecule has 2 aromatic carbocycles. The normalized spacial score (nSPS) is 20.5. The Morgan fingerprint density at radius 1 is 0.796 bits per heavy atom. The number of nitrogens with one attached hydrogen (secondary N) is 9. The molecule has 0 radical (unpaired) electrons. The number of benzene rings is 2. The lowest BCUT2D eigenvalue weighted by Gasteiger charge is -2.27. The van der Waals surface area contributed by atoms with Crippen molar-refractivity contribution in [1.29, 1.82) is 5.41 Å². The lowest BCUT2D eigenvalue weighted by Crippen LogP contribution is -2.59. The van der Waals surface area contributed by atoms with Crippen LogP contribution in [0.2, 0.25) is 0 Å². The van der Waals surface area contributed by atoms with Crippen LogP contribution < -0.4 is 43.0 Å². The molecule has 1 fully saturated rings. The minimum atomic E-state index is -1.25. The van der Waals surface area contributed by atoms with E-state index in [1.807, 2.05) is 36.4 Å². The lowest BCUT2D eigenvalue weighted by molar-refractivity contribution is -0.135. The first kappa shape index (κ1) is 40.5. The second-order valence-corrected chi connectivity index (χ2v) is 12.9. The van der Waals surface area contributed by atoms with Crippen molar-refractivity contribution in [2.45, 2.75) is 75.5 Å². The third kappa shape index (κ3) is 14.0. The van der Waals surface area contributed by atoms with E-state index in [2.05, 4.69) is 47.2 Å². The second-order valence-electron chi connectivity index (χ2n) is 12.9. The third-order valence-corrected chi connectivity index (χ3v) is 8.68. The Morgan fingerprint density at radius 3 is 2.09 bits per heavy atom. The van der Waals surface area contributed by atoms with E-state index in [0.29, 0.717) is 18.5 Å². The summed E-state index contributed by atoms with van der Waals surface area (Å²) < 4.78 is 0. The Morgan fingerprint density at radius 2 is 1.43 bits per heavy atom. The van der Waals surface area contributed by atoms with Gasteiger partial charge in [-0.2, -0.15) is 0 Å². The van der Waals surface area contributed by atoms with Gasteiger partial charge in [-0.25, -0.2) is 4.98 Å². The number of carbonyl (C=O) groups excluding carboxylic acids is 6. The van der Waals surface area contributed by atoms with Crippen LogP contribution in [0.4, 0.5) is 0 Å². The van der Waals surface area contributed by atoms with E-state index in [1.54, 1.807) is 30.5 Å². The number of hydrogen-bond acceptors (Lipinski definition) is 8. The number of guanidine groups is 1. The van der Waals surface area contributed by atoms with Crippen molar-refractivity contribution in [3.63, 3.8) is 0 Å². The molecule has 0 spiro atoms. The maximum atomic E-state index is 14.1. The summed E-state index contributed by atoms with van der Waals surface area (Å²) in [6, 6.07) is 13.8.